The van der Waals surface area contributed by atoms with Crippen molar-refractivity contribution in [3.63, 3.8) is 0 Å². The van der Waals surface area contributed by atoms with Crippen molar-refractivity contribution in [3.05, 3.63) is 40.5 Å². The van der Waals surface area contributed by atoms with Crippen LogP contribution >= 0.6 is 23.1 Å². The highest BCUT2D eigenvalue weighted by atomic mass is 32.2. The highest BCUT2D eigenvalue weighted by molar-refractivity contribution is 7.99. The molecule has 3 amide bonds. The number of nitrogens with zero attached hydrogens (tertiary/aromatic N) is 1. The minimum Gasteiger partial charge on any atom is -0.467 e. The van der Waals surface area contributed by atoms with Gasteiger partial charge in [-0.2, -0.15) is 16.1 Å². The molecule has 2 N–H and O–H groups in total. The van der Waals surface area contributed by atoms with Crippen molar-refractivity contribution in [1.29, 1.82) is 0 Å². The summed E-state index contributed by atoms with van der Waals surface area (Å²) in [4.78, 5) is 35.6. The fourth-order valence-corrected chi connectivity index (χ4v) is 6.42. The molecule has 0 atom stereocenters. The first-order valence-corrected chi connectivity index (χ1v) is 12.3. The number of hydrogen-bond acceptors (Lipinski definition) is 9. The number of thiophene rings is 1. The standard InChI is InChI=1S/C17H19N3O7S3/c21-14(19-17(23)18-10-12-2-1-6-26-12)11-27-16(22)15-13(3-7-29-15)30(24,25)20-4-8-28-9-5-20/h1-3,6-7H,4-5,8-11H2,(H2,18,19,21,23). The second-order valence-electron chi connectivity index (χ2n) is 6.02. The van der Waals surface area contributed by atoms with E-state index >= 15 is 0 Å². The van der Waals surface area contributed by atoms with Gasteiger partial charge in [-0.15, -0.1) is 11.3 Å². The molecule has 1 aliphatic heterocycles. The zero-order valence-electron chi connectivity index (χ0n) is 15.7. The van der Waals surface area contributed by atoms with Gasteiger partial charge in [0.05, 0.1) is 12.8 Å². The molecular formula is C17H19N3O7S3. The lowest BCUT2D eigenvalue weighted by atomic mass is 10.4. The van der Waals surface area contributed by atoms with Crippen LogP contribution in [0.25, 0.3) is 0 Å². The summed E-state index contributed by atoms with van der Waals surface area (Å²) in [7, 11) is -3.82. The van der Waals surface area contributed by atoms with Gasteiger partial charge in [0.1, 0.15) is 15.5 Å². The maximum absolute atomic E-state index is 12.8. The Morgan fingerprint density at radius 3 is 2.67 bits per heavy atom. The van der Waals surface area contributed by atoms with Crippen LogP contribution in [0.3, 0.4) is 0 Å². The Morgan fingerprint density at radius 1 is 1.20 bits per heavy atom. The monoisotopic (exact) mass is 473 g/mol. The summed E-state index contributed by atoms with van der Waals surface area (Å²) in [6, 6.07) is 3.87. The lowest BCUT2D eigenvalue weighted by Crippen LogP contribution is -2.41. The third kappa shape index (κ3) is 5.62. The molecule has 0 aliphatic carbocycles. The van der Waals surface area contributed by atoms with Crippen LogP contribution in [-0.4, -0.2) is 61.8 Å². The van der Waals surface area contributed by atoms with Crippen LogP contribution in [0.5, 0.6) is 0 Å². The lowest BCUT2D eigenvalue weighted by Gasteiger charge is -2.25. The van der Waals surface area contributed by atoms with Crippen molar-refractivity contribution in [2.75, 3.05) is 31.2 Å². The van der Waals surface area contributed by atoms with Crippen LogP contribution in [0.15, 0.2) is 39.2 Å². The van der Waals surface area contributed by atoms with Crippen LogP contribution in [-0.2, 0) is 26.1 Å². The van der Waals surface area contributed by atoms with Crippen LogP contribution < -0.4 is 10.6 Å². The van der Waals surface area contributed by atoms with Crippen molar-refractivity contribution in [2.45, 2.75) is 11.4 Å². The van der Waals surface area contributed by atoms with E-state index in [-0.39, 0.29) is 16.3 Å². The van der Waals surface area contributed by atoms with Crippen molar-refractivity contribution in [2.24, 2.45) is 0 Å². The first-order valence-electron chi connectivity index (χ1n) is 8.80. The van der Waals surface area contributed by atoms with Gasteiger partial charge in [0, 0.05) is 24.6 Å². The SMILES string of the molecule is O=C(COC(=O)c1sccc1S(=O)(=O)N1CCSCC1)NC(=O)NCc1ccco1. The molecule has 30 heavy (non-hydrogen) atoms. The molecule has 3 heterocycles. The van der Waals surface area contributed by atoms with E-state index in [1.54, 1.807) is 23.9 Å². The highest BCUT2D eigenvalue weighted by Crippen LogP contribution is 2.27. The van der Waals surface area contributed by atoms with E-state index in [2.05, 4.69) is 5.32 Å². The van der Waals surface area contributed by atoms with E-state index in [1.165, 1.54) is 22.0 Å². The quantitative estimate of drug-likeness (QED) is 0.574. The first-order chi connectivity index (χ1) is 14.4. The van der Waals surface area contributed by atoms with Gasteiger partial charge < -0.3 is 14.5 Å². The van der Waals surface area contributed by atoms with E-state index in [0.29, 0.717) is 30.4 Å². The third-order valence-corrected chi connectivity index (χ3v) is 7.90. The molecule has 2 aromatic heterocycles. The minimum absolute atomic E-state index is 0.0807. The summed E-state index contributed by atoms with van der Waals surface area (Å²) in [6.45, 7) is 0.0851. The van der Waals surface area contributed by atoms with Crippen LogP contribution in [0.4, 0.5) is 4.79 Å². The molecule has 1 aliphatic rings. The Hall–Kier alpha value is -2.35. The fraction of sp³-hybridized carbons (Fsp3) is 0.353. The van der Waals surface area contributed by atoms with E-state index in [4.69, 9.17) is 9.15 Å². The van der Waals surface area contributed by atoms with Gasteiger partial charge >= 0.3 is 12.0 Å². The number of ether oxygens (including phenoxy) is 1. The van der Waals surface area contributed by atoms with Gasteiger partial charge in [-0.25, -0.2) is 18.0 Å². The summed E-state index contributed by atoms with van der Waals surface area (Å²) in [5.41, 5.74) is 0. The number of nitrogens with one attached hydrogen (secondary N) is 2. The molecule has 3 rings (SSSR count). The number of amides is 3. The molecule has 0 saturated carbocycles. The van der Waals surface area contributed by atoms with Crippen LogP contribution in [0.1, 0.15) is 15.4 Å². The summed E-state index contributed by atoms with van der Waals surface area (Å²) >= 11 is 2.58. The molecule has 1 saturated heterocycles. The van der Waals surface area contributed by atoms with Gasteiger partial charge in [0.15, 0.2) is 6.61 Å². The predicted molar refractivity (Wildman–Crippen MR) is 110 cm³/mol. The maximum atomic E-state index is 12.8. The summed E-state index contributed by atoms with van der Waals surface area (Å²) in [6.07, 6.45) is 1.45. The lowest BCUT2D eigenvalue weighted by molar-refractivity contribution is -0.123. The molecule has 2 aromatic rings. The Bertz CT molecular complexity index is 996. The van der Waals surface area contributed by atoms with Crippen molar-refractivity contribution >= 4 is 51.0 Å². The van der Waals surface area contributed by atoms with E-state index in [0.717, 1.165) is 11.3 Å². The third-order valence-electron chi connectivity index (χ3n) is 3.99. The Labute approximate surface area is 181 Å². The second-order valence-corrected chi connectivity index (χ2v) is 10.1. The van der Waals surface area contributed by atoms with E-state index < -0.39 is 34.5 Å². The van der Waals surface area contributed by atoms with Crippen LogP contribution in [0.2, 0.25) is 0 Å². The molecule has 0 spiro atoms. The Kier molecular flexibility index (Phi) is 7.53. The van der Waals surface area contributed by atoms with Crippen molar-refractivity contribution < 1.29 is 32.0 Å². The first kappa shape index (κ1) is 22.3. The average Bonchev–Trinajstić information content (AvgIpc) is 3.43. The fourth-order valence-electron chi connectivity index (χ4n) is 2.56. The molecule has 13 heteroatoms. The molecule has 0 bridgehead atoms. The number of sulfonamides is 1. The predicted octanol–water partition coefficient (Wildman–Crippen LogP) is 1.26. The van der Waals surface area contributed by atoms with Crippen molar-refractivity contribution in [1.82, 2.24) is 14.9 Å². The van der Waals surface area contributed by atoms with Gasteiger partial charge in [-0.1, -0.05) is 0 Å². The smallest absolute Gasteiger partial charge is 0.350 e. The Balaban J connectivity index is 1.52. The molecule has 0 aromatic carbocycles. The molecule has 162 valence electrons. The normalized spacial score (nSPS) is 14.8. The topological polar surface area (TPSA) is 135 Å². The number of furan rings is 1. The number of hydrogen-bond donors (Lipinski definition) is 2. The number of thioether (sulfide) groups is 1. The molecule has 0 unspecified atom stereocenters. The van der Waals surface area contributed by atoms with Gasteiger partial charge in [-0.05, 0) is 23.6 Å². The highest BCUT2D eigenvalue weighted by Gasteiger charge is 2.31. The Morgan fingerprint density at radius 2 is 1.97 bits per heavy atom. The second kappa shape index (κ2) is 10.1. The number of rotatable bonds is 7. The molecule has 0 radical (unpaired) electrons. The maximum Gasteiger partial charge on any atom is 0.350 e. The van der Waals surface area contributed by atoms with Crippen molar-refractivity contribution in [3.8, 4) is 0 Å². The number of carbonyl (C=O) groups excluding carboxylic acids is 3. The van der Waals surface area contributed by atoms with Gasteiger partial charge in [0.25, 0.3) is 5.91 Å². The number of imide groups is 1. The minimum atomic E-state index is -3.82. The molecular weight excluding hydrogens is 454 g/mol. The van der Waals surface area contributed by atoms with Gasteiger partial charge in [0.2, 0.25) is 10.0 Å². The summed E-state index contributed by atoms with van der Waals surface area (Å²) < 4.78 is 36.9. The average molecular weight is 474 g/mol. The number of carbonyl (C=O) groups is 3. The molecule has 10 nitrogen and oxygen atoms in total. The largest absolute Gasteiger partial charge is 0.467 e. The number of esters is 1. The summed E-state index contributed by atoms with van der Waals surface area (Å²) in [5.74, 6) is 0.0783. The zero-order valence-corrected chi connectivity index (χ0v) is 18.1. The number of urea groups is 1. The van der Waals surface area contributed by atoms with E-state index in [1.807, 2.05) is 5.32 Å². The summed E-state index contributed by atoms with van der Waals surface area (Å²) in [5, 5.41) is 5.89. The van der Waals surface area contributed by atoms with Gasteiger partial charge in [-0.3, -0.25) is 10.1 Å². The van der Waals surface area contributed by atoms with E-state index in [9.17, 15) is 22.8 Å². The molecule has 1 fully saturated rings. The zero-order chi connectivity index (χ0) is 21.6. The van der Waals surface area contributed by atoms with Crippen LogP contribution in [0, 0.1) is 0 Å².